The summed E-state index contributed by atoms with van der Waals surface area (Å²) in [7, 11) is -3.56. The van der Waals surface area contributed by atoms with E-state index in [1.165, 1.54) is 4.31 Å². The summed E-state index contributed by atoms with van der Waals surface area (Å²) in [4.78, 5) is 12.6. The Labute approximate surface area is 134 Å². The summed E-state index contributed by atoms with van der Waals surface area (Å²) < 4.78 is 26.9. The van der Waals surface area contributed by atoms with E-state index in [0.717, 1.165) is 5.56 Å². The van der Waals surface area contributed by atoms with Crippen LogP contribution in [0, 0.1) is 18.3 Å². The molecule has 0 radical (unpaired) electrons. The second-order valence-corrected chi connectivity index (χ2v) is 8.80. The van der Waals surface area contributed by atoms with Crippen molar-refractivity contribution < 1.29 is 13.2 Å². The second kappa shape index (κ2) is 5.82. The average molecular weight is 374 g/mol. The molecule has 0 aromatic heterocycles. The molecule has 1 saturated heterocycles. The molecular weight excluding hydrogens is 354 g/mol. The summed E-state index contributed by atoms with van der Waals surface area (Å²) >= 11 is 3.32. The Morgan fingerprint density at radius 1 is 1.29 bits per heavy atom. The van der Waals surface area contributed by atoms with Gasteiger partial charge >= 0.3 is 0 Å². The largest absolute Gasteiger partial charge is 0.299 e. The molecular formula is C15H20BrNO3S. The van der Waals surface area contributed by atoms with E-state index in [9.17, 15) is 13.2 Å². The zero-order valence-corrected chi connectivity index (χ0v) is 14.9. The fraction of sp³-hybridized carbons (Fsp3) is 0.533. The Kier molecular flexibility index (Phi) is 4.61. The third kappa shape index (κ3) is 3.22. The van der Waals surface area contributed by atoms with E-state index < -0.39 is 15.4 Å². The van der Waals surface area contributed by atoms with Crippen molar-refractivity contribution in [1.29, 1.82) is 0 Å². The molecule has 1 aliphatic heterocycles. The summed E-state index contributed by atoms with van der Waals surface area (Å²) in [6.45, 7) is 6.00. The molecule has 1 aliphatic rings. The van der Waals surface area contributed by atoms with Crippen molar-refractivity contribution in [1.82, 2.24) is 4.31 Å². The highest BCUT2D eigenvalue weighted by atomic mass is 79.9. The Balaban J connectivity index is 2.36. The zero-order valence-electron chi connectivity index (χ0n) is 12.5. The first kappa shape index (κ1) is 16.6. The number of nitrogens with zero attached hydrogens (tertiary/aromatic N) is 1. The quantitative estimate of drug-likeness (QED) is 0.765. The molecule has 1 fully saturated rings. The molecule has 1 heterocycles. The van der Waals surface area contributed by atoms with Gasteiger partial charge in [-0.2, -0.15) is 4.31 Å². The van der Waals surface area contributed by atoms with Crippen LogP contribution in [0.25, 0.3) is 0 Å². The first-order chi connectivity index (χ1) is 9.68. The normalized spacial score (nSPS) is 23.2. The van der Waals surface area contributed by atoms with Crippen LogP contribution >= 0.6 is 15.9 Å². The number of ketones is 1. The Morgan fingerprint density at radius 2 is 1.86 bits per heavy atom. The highest BCUT2D eigenvalue weighted by Crippen LogP contribution is 2.33. The molecule has 0 N–H and O–H groups in total. The number of sulfonamides is 1. The van der Waals surface area contributed by atoms with E-state index >= 15 is 0 Å². The van der Waals surface area contributed by atoms with Crippen LogP contribution in [0.3, 0.4) is 0 Å². The molecule has 1 aromatic rings. The molecule has 1 unspecified atom stereocenters. The van der Waals surface area contributed by atoms with Crippen molar-refractivity contribution in [3.05, 3.63) is 29.8 Å². The fourth-order valence-electron chi connectivity index (χ4n) is 2.63. The van der Waals surface area contributed by atoms with Gasteiger partial charge in [0.05, 0.1) is 4.90 Å². The van der Waals surface area contributed by atoms with E-state index in [2.05, 4.69) is 15.9 Å². The number of hydrogen-bond acceptors (Lipinski definition) is 3. The van der Waals surface area contributed by atoms with Gasteiger partial charge in [-0.1, -0.05) is 47.5 Å². The van der Waals surface area contributed by atoms with Gasteiger partial charge in [0, 0.05) is 29.8 Å². The standard InChI is InChI=1S/C15H20BrNO3S/c1-11-4-6-13(7-5-11)21(19,20)17-9-12(8-16)14(18)15(2,3)10-17/h4-7,12H,8-10H2,1-3H3. The zero-order chi connectivity index (χ0) is 15.8. The Bertz CT molecular complexity index is 637. The number of hydrogen-bond donors (Lipinski definition) is 0. The molecule has 116 valence electrons. The fourth-order valence-corrected chi connectivity index (χ4v) is 4.77. The van der Waals surface area contributed by atoms with Crippen LogP contribution in [0.2, 0.25) is 0 Å². The monoisotopic (exact) mass is 373 g/mol. The van der Waals surface area contributed by atoms with Gasteiger partial charge in [-0.25, -0.2) is 8.42 Å². The minimum Gasteiger partial charge on any atom is -0.299 e. The lowest BCUT2D eigenvalue weighted by Gasteiger charge is -2.39. The van der Waals surface area contributed by atoms with Gasteiger partial charge in [0.15, 0.2) is 0 Å². The highest BCUT2D eigenvalue weighted by Gasteiger charge is 2.44. The highest BCUT2D eigenvalue weighted by molar-refractivity contribution is 9.09. The number of benzene rings is 1. The number of rotatable bonds is 3. The van der Waals surface area contributed by atoms with Gasteiger partial charge in [-0.15, -0.1) is 0 Å². The summed E-state index contributed by atoms with van der Waals surface area (Å²) in [5, 5.41) is 0.481. The molecule has 0 spiro atoms. The third-order valence-electron chi connectivity index (χ3n) is 3.88. The summed E-state index contributed by atoms with van der Waals surface area (Å²) in [6.07, 6.45) is 0. The minimum absolute atomic E-state index is 0.120. The average Bonchev–Trinajstić information content (AvgIpc) is 2.42. The SMILES string of the molecule is Cc1ccc(S(=O)(=O)N2CC(CBr)C(=O)C(C)(C)C2)cc1. The van der Waals surface area contributed by atoms with E-state index in [4.69, 9.17) is 0 Å². The number of carbonyl (C=O) groups is 1. The lowest BCUT2D eigenvalue weighted by Crippen LogP contribution is -2.53. The van der Waals surface area contributed by atoms with E-state index in [1.807, 2.05) is 20.8 Å². The van der Waals surface area contributed by atoms with Crippen molar-refractivity contribution >= 4 is 31.7 Å². The third-order valence-corrected chi connectivity index (χ3v) is 6.49. The Morgan fingerprint density at radius 3 is 2.38 bits per heavy atom. The summed E-state index contributed by atoms with van der Waals surface area (Å²) in [5.41, 5.74) is 0.357. The predicted octanol–water partition coefficient (Wildman–Crippen LogP) is 2.61. The number of carbonyl (C=O) groups excluding carboxylic acids is 1. The minimum atomic E-state index is -3.56. The number of alkyl halides is 1. The van der Waals surface area contributed by atoms with Crippen LogP contribution in [-0.2, 0) is 14.8 Å². The first-order valence-electron chi connectivity index (χ1n) is 6.85. The van der Waals surface area contributed by atoms with Gasteiger partial charge in [-0.05, 0) is 19.1 Å². The molecule has 0 bridgehead atoms. The van der Waals surface area contributed by atoms with Crippen LogP contribution < -0.4 is 0 Å². The van der Waals surface area contributed by atoms with Gasteiger partial charge in [0.1, 0.15) is 5.78 Å². The maximum Gasteiger partial charge on any atom is 0.243 e. The van der Waals surface area contributed by atoms with Crippen molar-refractivity contribution in [2.75, 3.05) is 18.4 Å². The Hall–Kier alpha value is -0.720. The van der Waals surface area contributed by atoms with E-state index in [1.54, 1.807) is 24.3 Å². The second-order valence-electron chi connectivity index (χ2n) is 6.21. The number of Topliss-reactive ketones (excluding diaryl/α,β-unsaturated/α-hetero) is 1. The molecule has 0 amide bonds. The lowest BCUT2D eigenvalue weighted by atomic mass is 9.79. The summed E-state index contributed by atoms with van der Waals surface area (Å²) in [6, 6.07) is 6.82. The molecule has 1 aromatic carbocycles. The predicted molar refractivity (Wildman–Crippen MR) is 86.0 cm³/mol. The van der Waals surface area contributed by atoms with E-state index in [-0.39, 0.29) is 29.7 Å². The number of aryl methyl sites for hydroxylation is 1. The molecule has 2 rings (SSSR count). The first-order valence-corrected chi connectivity index (χ1v) is 9.42. The van der Waals surface area contributed by atoms with Crippen LogP contribution in [0.5, 0.6) is 0 Å². The maximum atomic E-state index is 12.8. The maximum absolute atomic E-state index is 12.8. The number of halogens is 1. The molecule has 0 saturated carbocycles. The van der Waals surface area contributed by atoms with Crippen molar-refractivity contribution in [3.8, 4) is 0 Å². The molecule has 0 aliphatic carbocycles. The van der Waals surface area contributed by atoms with Crippen molar-refractivity contribution in [2.24, 2.45) is 11.3 Å². The van der Waals surface area contributed by atoms with Crippen LogP contribution in [0.15, 0.2) is 29.2 Å². The van der Waals surface area contributed by atoms with Gasteiger partial charge < -0.3 is 0 Å². The van der Waals surface area contributed by atoms with Crippen molar-refractivity contribution in [3.63, 3.8) is 0 Å². The van der Waals surface area contributed by atoms with E-state index in [0.29, 0.717) is 5.33 Å². The van der Waals surface area contributed by atoms with Crippen LogP contribution in [-0.4, -0.2) is 36.9 Å². The lowest BCUT2D eigenvalue weighted by molar-refractivity contribution is -0.134. The molecule has 6 heteroatoms. The van der Waals surface area contributed by atoms with Gasteiger partial charge in [0.25, 0.3) is 0 Å². The van der Waals surface area contributed by atoms with Gasteiger partial charge in [-0.3, -0.25) is 4.79 Å². The number of piperidine rings is 1. The topological polar surface area (TPSA) is 54.5 Å². The summed E-state index contributed by atoms with van der Waals surface area (Å²) in [5.74, 6) is -0.177. The molecule has 4 nitrogen and oxygen atoms in total. The van der Waals surface area contributed by atoms with Crippen LogP contribution in [0.1, 0.15) is 19.4 Å². The smallest absolute Gasteiger partial charge is 0.243 e. The molecule has 21 heavy (non-hydrogen) atoms. The van der Waals surface area contributed by atoms with Gasteiger partial charge in [0.2, 0.25) is 10.0 Å². The van der Waals surface area contributed by atoms with Crippen molar-refractivity contribution in [2.45, 2.75) is 25.7 Å². The molecule has 1 atom stereocenters. The van der Waals surface area contributed by atoms with Crippen LogP contribution in [0.4, 0.5) is 0 Å².